The Kier molecular flexibility index (Phi) is 1.11. The molecule has 0 bridgehead atoms. The van der Waals surface area contributed by atoms with Gasteiger partial charge in [-0.05, 0) is 6.42 Å². The lowest BCUT2D eigenvalue weighted by atomic mass is 10.0. The van der Waals surface area contributed by atoms with Gasteiger partial charge in [0.2, 0.25) is 0 Å². The largest absolute Gasteiger partial charge is 0.465 e. The van der Waals surface area contributed by atoms with Crippen molar-refractivity contribution in [3.63, 3.8) is 0 Å². The second-order valence-electron chi connectivity index (χ2n) is 2.85. The summed E-state index contributed by atoms with van der Waals surface area (Å²) >= 11 is 0. The van der Waals surface area contributed by atoms with Crippen molar-refractivity contribution in [3.8, 4) is 0 Å². The molecule has 4 heteroatoms. The molecule has 1 amide bonds. The van der Waals surface area contributed by atoms with Crippen molar-refractivity contribution >= 4 is 6.09 Å². The Bertz CT molecular complexity index is 171. The van der Waals surface area contributed by atoms with Crippen LogP contribution in [0, 0.1) is 0 Å². The van der Waals surface area contributed by atoms with Crippen LogP contribution in [0.5, 0.6) is 0 Å². The lowest BCUT2D eigenvalue weighted by Gasteiger charge is -2.35. The van der Waals surface area contributed by atoms with Crippen LogP contribution in [0.2, 0.25) is 0 Å². The molecule has 2 heterocycles. The van der Waals surface area contributed by atoms with E-state index in [1.165, 1.54) is 4.90 Å². The molecule has 0 aliphatic carbocycles. The van der Waals surface area contributed by atoms with Crippen LogP contribution in [0.4, 0.5) is 4.79 Å². The van der Waals surface area contributed by atoms with Gasteiger partial charge in [0.1, 0.15) is 0 Å². The zero-order chi connectivity index (χ0) is 7.14. The van der Waals surface area contributed by atoms with Gasteiger partial charge < -0.3 is 15.3 Å². The second-order valence-corrected chi connectivity index (χ2v) is 2.85. The molecule has 10 heavy (non-hydrogen) atoms. The van der Waals surface area contributed by atoms with E-state index in [4.69, 9.17) is 5.11 Å². The quantitative estimate of drug-likeness (QED) is 0.488. The highest BCUT2D eigenvalue weighted by Gasteiger charge is 2.42. The van der Waals surface area contributed by atoms with E-state index in [9.17, 15) is 4.79 Å². The van der Waals surface area contributed by atoms with Crippen LogP contribution in [0.15, 0.2) is 0 Å². The lowest BCUT2D eigenvalue weighted by Crippen LogP contribution is -2.60. The Morgan fingerprint density at radius 2 is 2.50 bits per heavy atom. The SMILES string of the molecule is O=C(O)N1CC[C@H]2NC[C@H]21. The summed E-state index contributed by atoms with van der Waals surface area (Å²) in [6.07, 6.45) is 0.214. The van der Waals surface area contributed by atoms with Gasteiger partial charge in [-0.1, -0.05) is 0 Å². The van der Waals surface area contributed by atoms with Gasteiger partial charge in [-0.15, -0.1) is 0 Å². The molecule has 2 atom stereocenters. The van der Waals surface area contributed by atoms with Gasteiger partial charge in [0.15, 0.2) is 0 Å². The van der Waals surface area contributed by atoms with E-state index in [0.29, 0.717) is 12.6 Å². The molecule has 0 radical (unpaired) electrons. The first-order chi connectivity index (χ1) is 4.79. The number of nitrogens with one attached hydrogen (secondary N) is 1. The third kappa shape index (κ3) is 0.623. The van der Waals surface area contributed by atoms with Crippen LogP contribution in [-0.2, 0) is 0 Å². The second kappa shape index (κ2) is 1.85. The van der Waals surface area contributed by atoms with Crippen LogP contribution in [0.3, 0.4) is 0 Å². The van der Waals surface area contributed by atoms with Crippen LogP contribution in [0.1, 0.15) is 6.42 Å². The first-order valence-corrected chi connectivity index (χ1v) is 3.52. The van der Waals surface area contributed by atoms with Crippen LogP contribution >= 0.6 is 0 Å². The predicted octanol–water partition coefficient (Wildman–Crippen LogP) is -0.290. The Morgan fingerprint density at radius 3 is 2.80 bits per heavy atom. The summed E-state index contributed by atoms with van der Waals surface area (Å²) in [6, 6.07) is 0.730. The Morgan fingerprint density at radius 1 is 1.70 bits per heavy atom. The molecular weight excluding hydrogens is 132 g/mol. The van der Waals surface area contributed by atoms with Gasteiger partial charge in [-0.2, -0.15) is 0 Å². The minimum atomic E-state index is -0.769. The summed E-state index contributed by atoms with van der Waals surface area (Å²) in [4.78, 5) is 12.0. The van der Waals surface area contributed by atoms with Crippen molar-refractivity contribution in [2.45, 2.75) is 18.5 Å². The molecule has 2 N–H and O–H groups in total. The smallest absolute Gasteiger partial charge is 0.407 e. The normalized spacial score (nSPS) is 37.0. The van der Waals surface area contributed by atoms with E-state index in [1.54, 1.807) is 0 Å². The number of likely N-dealkylation sites (tertiary alicyclic amines) is 1. The summed E-state index contributed by atoms with van der Waals surface area (Å²) in [5.74, 6) is 0. The van der Waals surface area contributed by atoms with Gasteiger partial charge in [-0.3, -0.25) is 0 Å². The number of amides is 1. The molecule has 0 aromatic rings. The fraction of sp³-hybridized carbons (Fsp3) is 0.833. The average Bonchev–Trinajstić information content (AvgIpc) is 2.07. The van der Waals surface area contributed by atoms with Gasteiger partial charge in [0.05, 0.1) is 6.04 Å². The standard InChI is InChI=1S/C6H10N2O2/c9-6(10)8-2-1-4-5(8)3-7-4/h4-5,7H,1-3H2,(H,9,10)/t4-,5-/m1/s1. The maximum atomic E-state index is 10.5. The minimum Gasteiger partial charge on any atom is -0.465 e. The fourth-order valence-corrected chi connectivity index (χ4v) is 1.69. The fourth-order valence-electron chi connectivity index (χ4n) is 1.69. The van der Waals surface area contributed by atoms with Crippen molar-refractivity contribution in [1.29, 1.82) is 0 Å². The highest BCUT2D eigenvalue weighted by atomic mass is 16.4. The van der Waals surface area contributed by atoms with Crippen LogP contribution in [-0.4, -0.2) is 41.3 Å². The first kappa shape index (κ1) is 5.97. The van der Waals surface area contributed by atoms with E-state index in [1.807, 2.05) is 0 Å². The third-order valence-electron chi connectivity index (χ3n) is 2.38. The Hall–Kier alpha value is -0.770. The maximum absolute atomic E-state index is 10.5. The van der Waals surface area contributed by atoms with Gasteiger partial charge in [-0.25, -0.2) is 4.79 Å². The molecule has 0 unspecified atom stereocenters. The van der Waals surface area contributed by atoms with Crippen molar-refractivity contribution in [1.82, 2.24) is 10.2 Å². The molecule has 4 nitrogen and oxygen atoms in total. The van der Waals surface area contributed by atoms with E-state index in [0.717, 1.165) is 13.0 Å². The summed E-state index contributed by atoms with van der Waals surface area (Å²) < 4.78 is 0. The summed E-state index contributed by atoms with van der Waals surface area (Å²) in [5.41, 5.74) is 0. The third-order valence-corrected chi connectivity index (χ3v) is 2.38. The summed E-state index contributed by atoms with van der Waals surface area (Å²) in [7, 11) is 0. The topological polar surface area (TPSA) is 52.6 Å². The number of carbonyl (C=O) groups is 1. The Labute approximate surface area is 58.8 Å². The lowest BCUT2D eigenvalue weighted by molar-refractivity contribution is 0.121. The molecule has 0 spiro atoms. The van der Waals surface area contributed by atoms with Gasteiger partial charge in [0.25, 0.3) is 0 Å². The zero-order valence-corrected chi connectivity index (χ0v) is 5.58. The molecule has 0 aromatic carbocycles. The van der Waals surface area contributed by atoms with E-state index < -0.39 is 6.09 Å². The molecule has 2 fully saturated rings. The zero-order valence-electron chi connectivity index (χ0n) is 5.58. The molecule has 0 saturated carbocycles. The number of carboxylic acid groups (broad SMARTS) is 1. The maximum Gasteiger partial charge on any atom is 0.407 e. The molecule has 2 rings (SSSR count). The highest BCUT2D eigenvalue weighted by molar-refractivity contribution is 5.66. The van der Waals surface area contributed by atoms with Gasteiger partial charge in [0, 0.05) is 19.1 Å². The number of fused-ring (bicyclic) bond motifs is 1. The highest BCUT2D eigenvalue weighted by Crippen LogP contribution is 2.23. The summed E-state index contributed by atoms with van der Waals surface area (Å²) in [6.45, 7) is 1.55. The first-order valence-electron chi connectivity index (χ1n) is 3.52. The number of hydrogen-bond acceptors (Lipinski definition) is 2. The molecule has 2 aliphatic rings. The molecule has 0 aromatic heterocycles. The van der Waals surface area contributed by atoms with Crippen LogP contribution in [0.25, 0.3) is 0 Å². The van der Waals surface area contributed by atoms with Crippen molar-refractivity contribution in [2.24, 2.45) is 0 Å². The van der Waals surface area contributed by atoms with Crippen molar-refractivity contribution in [3.05, 3.63) is 0 Å². The monoisotopic (exact) mass is 142 g/mol. The molecule has 2 aliphatic heterocycles. The average molecular weight is 142 g/mol. The molecule has 56 valence electrons. The predicted molar refractivity (Wildman–Crippen MR) is 34.9 cm³/mol. The van der Waals surface area contributed by atoms with Crippen LogP contribution < -0.4 is 5.32 Å². The summed E-state index contributed by atoms with van der Waals surface area (Å²) in [5, 5.41) is 11.8. The minimum absolute atomic E-state index is 0.275. The van der Waals surface area contributed by atoms with Crippen molar-refractivity contribution < 1.29 is 9.90 Å². The molecule has 2 saturated heterocycles. The van der Waals surface area contributed by atoms with E-state index in [2.05, 4.69) is 5.32 Å². The number of hydrogen-bond donors (Lipinski definition) is 2. The van der Waals surface area contributed by atoms with Gasteiger partial charge >= 0.3 is 6.09 Å². The van der Waals surface area contributed by atoms with Crippen molar-refractivity contribution in [2.75, 3.05) is 13.1 Å². The Balaban J connectivity index is 2.05. The number of rotatable bonds is 0. The van der Waals surface area contributed by atoms with E-state index in [-0.39, 0.29) is 6.04 Å². The molecular formula is C6H10N2O2. The number of nitrogens with zero attached hydrogens (tertiary/aromatic N) is 1. The van der Waals surface area contributed by atoms with E-state index >= 15 is 0 Å².